The number of phenols is 1. The van der Waals surface area contributed by atoms with Crippen molar-refractivity contribution in [2.24, 2.45) is 5.92 Å². The molecule has 152 valence electrons. The number of esters is 1. The van der Waals surface area contributed by atoms with Crippen LogP contribution in [0.5, 0.6) is 11.5 Å². The first kappa shape index (κ1) is 19.6. The van der Waals surface area contributed by atoms with E-state index < -0.39 is 0 Å². The molecule has 2 atom stereocenters. The van der Waals surface area contributed by atoms with Gasteiger partial charge in [0.1, 0.15) is 5.78 Å². The van der Waals surface area contributed by atoms with Crippen LogP contribution in [0.4, 0.5) is 0 Å². The number of carbonyl (C=O) groups excluding carboxylic acids is 2. The van der Waals surface area contributed by atoms with Crippen molar-refractivity contribution in [1.82, 2.24) is 4.90 Å². The first-order valence-electron chi connectivity index (χ1n) is 10.4. The fourth-order valence-corrected chi connectivity index (χ4v) is 4.50. The summed E-state index contributed by atoms with van der Waals surface area (Å²) in [6, 6.07) is 15.5. The highest BCUT2D eigenvalue weighted by Crippen LogP contribution is 2.41. The fourth-order valence-electron chi connectivity index (χ4n) is 4.50. The van der Waals surface area contributed by atoms with Gasteiger partial charge in [-0.3, -0.25) is 14.5 Å². The van der Waals surface area contributed by atoms with Crippen molar-refractivity contribution >= 4 is 11.8 Å². The number of hydrogen-bond acceptors (Lipinski definition) is 5. The first-order chi connectivity index (χ1) is 14.1. The molecule has 2 aromatic rings. The highest BCUT2D eigenvalue weighted by Gasteiger charge is 2.28. The van der Waals surface area contributed by atoms with Crippen LogP contribution < -0.4 is 4.74 Å². The molecule has 4 rings (SSSR count). The third kappa shape index (κ3) is 4.85. The van der Waals surface area contributed by atoms with Crippen molar-refractivity contribution in [3.63, 3.8) is 0 Å². The van der Waals surface area contributed by atoms with E-state index in [0.29, 0.717) is 24.8 Å². The van der Waals surface area contributed by atoms with Gasteiger partial charge in [-0.15, -0.1) is 0 Å². The van der Waals surface area contributed by atoms with Crippen molar-refractivity contribution in [3.8, 4) is 11.5 Å². The van der Waals surface area contributed by atoms with Crippen LogP contribution in [-0.2, 0) is 16.1 Å². The molecular formula is C24H27NO4. The molecular weight excluding hydrogens is 366 g/mol. The summed E-state index contributed by atoms with van der Waals surface area (Å²) in [5.41, 5.74) is 1.99. The second-order valence-corrected chi connectivity index (χ2v) is 8.23. The number of carbonyl (C=O) groups is 2. The molecule has 0 bridgehead atoms. The average Bonchev–Trinajstić information content (AvgIpc) is 3.33. The summed E-state index contributed by atoms with van der Waals surface area (Å²) in [5.74, 6) is 0.389. The Hall–Kier alpha value is -2.66. The Labute approximate surface area is 171 Å². The lowest BCUT2D eigenvalue weighted by atomic mass is 9.96. The molecule has 1 unspecified atom stereocenters. The molecule has 0 amide bonds. The quantitative estimate of drug-likeness (QED) is 0.592. The minimum atomic E-state index is -0.313. The SMILES string of the molecule is O=C1CCC(c2cccc(OC(=O)C[C@@H]3CCN(Cc4ccccc4)C3)c2O)C1. The van der Waals surface area contributed by atoms with Gasteiger partial charge in [-0.2, -0.15) is 0 Å². The number of phenolic OH excluding ortho intramolecular Hbond substituents is 1. The van der Waals surface area contributed by atoms with E-state index in [-0.39, 0.29) is 35.1 Å². The topological polar surface area (TPSA) is 66.8 Å². The number of benzene rings is 2. The average molecular weight is 393 g/mol. The number of rotatable bonds is 6. The summed E-state index contributed by atoms with van der Waals surface area (Å²) in [4.78, 5) is 26.4. The Balaban J connectivity index is 1.32. The van der Waals surface area contributed by atoms with Gasteiger partial charge in [-0.1, -0.05) is 42.5 Å². The second-order valence-electron chi connectivity index (χ2n) is 8.23. The molecule has 1 aliphatic carbocycles. The molecule has 29 heavy (non-hydrogen) atoms. The molecule has 5 nitrogen and oxygen atoms in total. The van der Waals surface area contributed by atoms with Gasteiger partial charge < -0.3 is 9.84 Å². The van der Waals surface area contributed by atoms with Gasteiger partial charge in [-0.25, -0.2) is 0 Å². The molecule has 1 N–H and O–H groups in total. The van der Waals surface area contributed by atoms with Crippen molar-refractivity contribution in [3.05, 3.63) is 59.7 Å². The molecule has 0 radical (unpaired) electrons. The number of Topliss-reactive ketones (excluding diaryl/α,β-unsaturated/α-hetero) is 1. The van der Waals surface area contributed by atoms with Gasteiger partial charge in [0.2, 0.25) is 0 Å². The van der Waals surface area contributed by atoms with Crippen LogP contribution in [0.15, 0.2) is 48.5 Å². The third-order valence-corrected chi connectivity index (χ3v) is 6.01. The Morgan fingerprint density at radius 3 is 2.69 bits per heavy atom. The van der Waals surface area contributed by atoms with E-state index in [9.17, 15) is 14.7 Å². The first-order valence-corrected chi connectivity index (χ1v) is 10.4. The lowest BCUT2D eigenvalue weighted by Gasteiger charge is -2.16. The number of nitrogens with zero attached hydrogens (tertiary/aromatic N) is 1. The summed E-state index contributed by atoms with van der Waals surface area (Å²) in [7, 11) is 0. The van der Waals surface area contributed by atoms with Gasteiger partial charge in [-0.05, 0) is 42.9 Å². The van der Waals surface area contributed by atoms with Gasteiger partial charge >= 0.3 is 5.97 Å². The molecule has 1 aliphatic heterocycles. The maximum absolute atomic E-state index is 12.5. The van der Waals surface area contributed by atoms with E-state index in [0.717, 1.165) is 32.5 Å². The van der Waals surface area contributed by atoms with Crippen molar-refractivity contribution in [2.75, 3.05) is 13.1 Å². The Bertz CT molecular complexity index is 880. The second kappa shape index (κ2) is 8.78. The Morgan fingerprint density at radius 1 is 1.10 bits per heavy atom. The minimum Gasteiger partial charge on any atom is -0.504 e. The van der Waals surface area contributed by atoms with E-state index >= 15 is 0 Å². The van der Waals surface area contributed by atoms with Crippen LogP contribution in [0.3, 0.4) is 0 Å². The van der Waals surface area contributed by atoms with E-state index in [1.807, 2.05) is 24.3 Å². The van der Waals surface area contributed by atoms with Gasteiger partial charge in [0.05, 0.1) is 6.42 Å². The highest BCUT2D eigenvalue weighted by molar-refractivity contribution is 5.82. The fraction of sp³-hybridized carbons (Fsp3) is 0.417. The van der Waals surface area contributed by atoms with E-state index in [2.05, 4.69) is 17.0 Å². The van der Waals surface area contributed by atoms with Gasteiger partial charge in [0.15, 0.2) is 11.5 Å². The minimum absolute atomic E-state index is 0.00215. The highest BCUT2D eigenvalue weighted by atomic mass is 16.5. The molecule has 5 heteroatoms. The molecule has 1 saturated carbocycles. The number of hydrogen-bond donors (Lipinski definition) is 1. The monoisotopic (exact) mass is 393 g/mol. The van der Waals surface area contributed by atoms with Crippen LogP contribution in [0.2, 0.25) is 0 Å². The standard InChI is InChI=1S/C24H27NO4/c26-20-10-9-19(14-20)21-7-4-8-22(24(21)28)29-23(27)13-18-11-12-25(16-18)15-17-5-2-1-3-6-17/h1-8,18-19,28H,9-16H2/t18-,19?/m0/s1. The normalized spacial score (nSPS) is 22.1. The number of ketones is 1. The summed E-state index contributed by atoms with van der Waals surface area (Å²) < 4.78 is 5.50. The molecule has 0 aromatic heterocycles. The zero-order chi connectivity index (χ0) is 20.2. The van der Waals surface area contributed by atoms with Gasteiger partial charge in [0.25, 0.3) is 0 Å². The maximum Gasteiger partial charge on any atom is 0.311 e. The van der Waals surface area contributed by atoms with Crippen molar-refractivity contribution < 1.29 is 19.4 Å². The summed E-state index contributed by atoms with van der Waals surface area (Å²) >= 11 is 0. The largest absolute Gasteiger partial charge is 0.504 e. The molecule has 2 aromatic carbocycles. The molecule has 1 heterocycles. The van der Waals surface area contributed by atoms with Crippen LogP contribution >= 0.6 is 0 Å². The lowest BCUT2D eigenvalue weighted by Crippen LogP contribution is -2.21. The van der Waals surface area contributed by atoms with Crippen molar-refractivity contribution in [2.45, 2.75) is 44.6 Å². The van der Waals surface area contributed by atoms with Crippen LogP contribution in [0, 0.1) is 5.92 Å². The summed E-state index contributed by atoms with van der Waals surface area (Å²) in [6.07, 6.45) is 3.05. The number of para-hydroxylation sites is 1. The number of likely N-dealkylation sites (tertiary alicyclic amines) is 1. The van der Waals surface area contributed by atoms with E-state index in [4.69, 9.17) is 4.74 Å². The third-order valence-electron chi connectivity index (χ3n) is 6.01. The predicted octanol–water partition coefficient (Wildman–Crippen LogP) is 4.05. The van der Waals surface area contributed by atoms with Crippen LogP contribution in [0.1, 0.15) is 49.1 Å². The predicted molar refractivity (Wildman–Crippen MR) is 110 cm³/mol. The smallest absolute Gasteiger partial charge is 0.311 e. The molecule has 0 spiro atoms. The van der Waals surface area contributed by atoms with Crippen molar-refractivity contribution in [1.29, 1.82) is 0 Å². The molecule has 2 aliphatic rings. The zero-order valence-corrected chi connectivity index (χ0v) is 16.5. The zero-order valence-electron chi connectivity index (χ0n) is 16.5. The summed E-state index contributed by atoms with van der Waals surface area (Å²) in [5, 5.41) is 10.6. The Kier molecular flexibility index (Phi) is 5.95. The molecule has 2 fully saturated rings. The van der Waals surface area contributed by atoms with Crippen LogP contribution in [-0.4, -0.2) is 34.8 Å². The van der Waals surface area contributed by atoms with Crippen LogP contribution in [0.25, 0.3) is 0 Å². The lowest BCUT2D eigenvalue weighted by molar-refractivity contribution is -0.135. The number of aromatic hydroxyl groups is 1. The van der Waals surface area contributed by atoms with Gasteiger partial charge in [0, 0.05) is 31.5 Å². The number of ether oxygens (including phenoxy) is 1. The maximum atomic E-state index is 12.5. The van der Waals surface area contributed by atoms with E-state index in [1.54, 1.807) is 12.1 Å². The summed E-state index contributed by atoms with van der Waals surface area (Å²) in [6.45, 7) is 2.75. The van der Waals surface area contributed by atoms with E-state index in [1.165, 1.54) is 5.56 Å². The Morgan fingerprint density at radius 2 is 1.93 bits per heavy atom. The molecule has 1 saturated heterocycles.